The van der Waals surface area contributed by atoms with Crippen LogP contribution in [0.2, 0.25) is 0 Å². The van der Waals surface area contributed by atoms with Crippen molar-refractivity contribution in [2.24, 2.45) is 5.92 Å². The Balaban J connectivity index is 1.48. The monoisotopic (exact) mass is 341 g/mol. The molecule has 2 aromatic rings. The van der Waals surface area contributed by atoms with Gasteiger partial charge in [-0.2, -0.15) is 4.98 Å². The highest BCUT2D eigenvalue weighted by Crippen LogP contribution is 2.42. The van der Waals surface area contributed by atoms with E-state index in [1.54, 1.807) is 0 Å². The van der Waals surface area contributed by atoms with Gasteiger partial charge in [-0.1, -0.05) is 43.3 Å². The van der Waals surface area contributed by atoms with Gasteiger partial charge in [0.05, 0.1) is 12.5 Å². The second-order valence-electron chi connectivity index (χ2n) is 7.44. The van der Waals surface area contributed by atoms with Gasteiger partial charge in [0, 0.05) is 17.6 Å². The molecule has 3 atom stereocenters. The maximum absolute atomic E-state index is 11.4. The van der Waals surface area contributed by atoms with Crippen LogP contribution in [-0.2, 0) is 11.3 Å². The third-order valence-electron chi connectivity index (χ3n) is 5.62. The molecule has 2 bridgehead atoms. The van der Waals surface area contributed by atoms with Gasteiger partial charge in [-0.3, -0.25) is 9.69 Å². The van der Waals surface area contributed by atoms with Crippen molar-refractivity contribution in [1.82, 2.24) is 15.0 Å². The molecule has 4 rings (SSSR count). The van der Waals surface area contributed by atoms with Crippen molar-refractivity contribution in [2.75, 3.05) is 0 Å². The molecule has 6 nitrogen and oxygen atoms in total. The van der Waals surface area contributed by atoms with Gasteiger partial charge in [-0.25, -0.2) is 0 Å². The Labute approximate surface area is 146 Å². The van der Waals surface area contributed by atoms with Crippen LogP contribution in [0, 0.1) is 5.92 Å². The lowest BCUT2D eigenvalue weighted by Crippen LogP contribution is -2.32. The normalized spacial score (nSPS) is 25.8. The van der Waals surface area contributed by atoms with Crippen molar-refractivity contribution in [3.63, 3.8) is 0 Å². The van der Waals surface area contributed by atoms with E-state index in [2.05, 4.69) is 41.0 Å². The Hall–Kier alpha value is -2.21. The minimum absolute atomic E-state index is 0.100. The second kappa shape index (κ2) is 6.26. The quantitative estimate of drug-likeness (QED) is 0.899. The first kappa shape index (κ1) is 16.3. The molecule has 0 aliphatic carbocycles. The fraction of sp³-hybridized carbons (Fsp3) is 0.526. The highest BCUT2D eigenvalue weighted by Gasteiger charge is 2.49. The number of hydrogen-bond acceptors (Lipinski definition) is 5. The summed E-state index contributed by atoms with van der Waals surface area (Å²) in [6, 6.07) is 8.64. The molecule has 2 aliphatic rings. The van der Waals surface area contributed by atoms with Gasteiger partial charge < -0.3 is 9.63 Å². The van der Waals surface area contributed by atoms with Crippen LogP contribution in [0.25, 0.3) is 11.4 Å². The summed E-state index contributed by atoms with van der Waals surface area (Å²) >= 11 is 0. The predicted molar refractivity (Wildman–Crippen MR) is 91.9 cm³/mol. The maximum Gasteiger partial charge on any atom is 0.308 e. The largest absolute Gasteiger partial charge is 0.481 e. The summed E-state index contributed by atoms with van der Waals surface area (Å²) in [5.41, 5.74) is 2.22. The van der Waals surface area contributed by atoms with Gasteiger partial charge in [0.1, 0.15) is 0 Å². The Morgan fingerprint density at radius 1 is 1.32 bits per heavy atom. The average molecular weight is 341 g/mol. The maximum atomic E-state index is 11.4. The van der Waals surface area contributed by atoms with Gasteiger partial charge >= 0.3 is 5.97 Å². The molecule has 0 amide bonds. The summed E-state index contributed by atoms with van der Waals surface area (Å²) in [7, 11) is 0. The number of carboxylic acids is 1. The first-order chi connectivity index (χ1) is 12.0. The fourth-order valence-corrected chi connectivity index (χ4v) is 4.22. The SMILES string of the molecule is CC(C)c1ccc(-c2noc(CN3[C@H]4CC[C@H]3[C@H](C(=O)O)C4)n2)cc1. The van der Waals surface area contributed by atoms with Crippen LogP contribution < -0.4 is 0 Å². The summed E-state index contributed by atoms with van der Waals surface area (Å²) in [5.74, 6) is 0.693. The topological polar surface area (TPSA) is 79.5 Å². The summed E-state index contributed by atoms with van der Waals surface area (Å²) < 4.78 is 5.43. The molecule has 0 saturated carbocycles. The van der Waals surface area contributed by atoms with E-state index in [-0.39, 0.29) is 12.0 Å². The average Bonchev–Trinajstić information content (AvgIpc) is 3.31. The first-order valence-corrected chi connectivity index (χ1v) is 8.94. The van der Waals surface area contributed by atoms with Crippen LogP contribution in [0.4, 0.5) is 0 Å². The Kier molecular flexibility index (Phi) is 4.07. The highest BCUT2D eigenvalue weighted by molar-refractivity contribution is 5.71. The Morgan fingerprint density at radius 3 is 2.72 bits per heavy atom. The third-order valence-corrected chi connectivity index (χ3v) is 5.62. The lowest BCUT2D eigenvalue weighted by molar-refractivity contribution is -0.142. The minimum Gasteiger partial charge on any atom is -0.481 e. The fourth-order valence-electron chi connectivity index (χ4n) is 4.22. The molecule has 3 heterocycles. The van der Waals surface area contributed by atoms with E-state index < -0.39 is 5.97 Å². The van der Waals surface area contributed by atoms with Crippen LogP contribution in [0.1, 0.15) is 50.5 Å². The third kappa shape index (κ3) is 2.95. The minimum atomic E-state index is -0.686. The lowest BCUT2D eigenvalue weighted by atomic mass is 9.89. The standard InChI is InChI=1S/C19H23N3O3/c1-11(2)12-3-5-13(6-4-12)18-20-17(25-21-18)10-22-14-7-8-16(22)15(9-14)19(23)24/h3-6,11,14-16H,7-10H2,1-2H3,(H,23,24)/t14-,15+,16-/m0/s1. The molecule has 25 heavy (non-hydrogen) atoms. The van der Waals surface area contributed by atoms with E-state index in [0.29, 0.717) is 30.2 Å². The molecule has 2 saturated heterocycles. The highest BCUT2D eigenvalue weighted by atomic mass is 16.5. The summed E-state index contributed by atoms with van der Waals surface area (Å²) in [4.78, 5) is 18.1. The zero-order valence-electron chi connectivity index (χ0n) is 14.6. The van der Waals surface area contributed by atoms with E-state index in [9.17, 15) is 9.90 Å². The van der Waals surface area contributed by atoms with E-state index in [0.717, 1.165) is 24.8 Å². The van der Waals surface area contributed by atoms with E-state index >= 15 is 0 Å². The molecule has 1 N–H and O–H groups in total. The van der Waals surface area contributed by atoms with Crippen LogP contribution in [0.15, 0.2) is 28.8 Å². The molecule has 1 aromatic heterocycles. The molecule has 0 unspecified atom stereocenters. The van der Waals surface area contributed by atoms with Crippen molar-refractivity contribution >= 4 is 5.97 Å². The molecule has 6 heteroatoms. The number of aliphatic carboxylic acids is 1. The molecule has 132 valence electrons. The van der Waals surface area contributed by atoms with Crippen LogP contribution in [-0.4, -0.2) is 38.2 Å². The van der Waals surface area contributed by atoms with Crippen LogP contribution >= 0.6 is 0 Å². The number of carboxylic acid groups (broad SMARTS) is 1. The summed E-state index contributed by atoms with van der Waals surface area (Å²) in [6.45, 7) is 4.86. The summed E-state index contributed by atoms with van der Waals surface area (Å²) in [6.07, 6.45) is 2.74. The van der Waals surface area contributed by atoms with Gasteiger partial charge in [0.2, 0.25) is 11.7 Å². The van der Waals surface area contributed by atoms with E-state index in [4.69, 9.17) is 4.52 Å². The number of hydrogen-bond donors (Lipinski definition) is 1. The van der Waals surface area contributed by atoms with E-state index in [1.807, 2.05) is 12.1 Å². The van der Waals surface area contributed by atoms with Crippen LogP contribution in [0.5, 0.6) is 0 Å². The molecular weight excluding hydrogens is 318 g/mol. The zero-order chi connectivity index (χ0) is 17.6. The molecule has 0 spiro atoms. The second-order valence-corrected chi connectivity index (χ2v) is 7.44. The van der Waals surface area contributed by atoms with Gasteiger partial charge in [-0.15, -0.1) is 0 Å². The summed E-state index contributed by atoms with van der Waals surface area (Å²) in [5, 5.41) is 13.5. The van der Waals surface area contributed by atoms with Crippen molar-refractivity contribution in [1.29, 1.82) is 0 Å². The van der Waals surface area contributed by atoms with Gasteiger partial charge in [0.15, 0.2) is 0 Å². The first-order valence-electron chi connectivity index (χ1n) is 8.94. The van der Waals surface area contributed by atoms with Crippen molar-refractivity contribution < 1.29 is 14.4 Å². The predicted octanol–water partition coefficient (Wildman–Crippen LogP) is 3.30. The van der Waals surface area contributed by atoms with Crippen molar-refractivity contribution in [3.05, 3.63) is 35.7 Å². The molecule has 2 fully saturated rings. The number of benzene rings is 1. The number of fused-ring (bicyclic) bond motifs is 2. The Bertz CT molecular complexity index is 768. The number of nitrogens with zero attached hydrogens (tertiary/aromatic N) is 3. The molecule has 1 aromatic carbocycles. The van der Waals surface area contributed by atoms with Gasteiger partial charge in [-0.05, 0) is 30.7 Å². The Morgan fingerprint density at radius 2 is 2.08 bits per heavy atom. The molecule has 0 radical (unpaired) electrons. The molecule has 2 aliphatic heterocycles. The van der Waals surface area contributed by atoms with Crippen LogP contribution in [0.3, 0.4) is 0 Å². The zero-order valence-corrected chi connectivity index (χ0v) is 14.6. The number of aromatic nitrogens is 2. The lowest BCUT2D eigenvalue weighted by Gasteiger charge is -2.20. The van der Waals surface area contributed by atoms with Crippen molar-refractivity contribution in [3.8, 4) is 11.4 Å². The molecular formula is C19H23N3O3. The number of rotatable bonds is 5. The van der Waals surface area contributed by atoms with Gasteiger partial charge in [0.25, 0.3) is 0 Å². The van der Waals surface area contributed by atoms with Crippen molar-refractivity contribution in [2.45, 2.75) is 57.7 Å². The smallest absolute Gasteiger partial charge is 0.308 e. The number of carbonyl (C=O) groups is 1. The van der Waals surface area contributed by atoms with E-state index in [1.165, 1.54) is 5.56 Å².